The van der Waals surface area contributed by atoms with Crippen LogP contribution in [-0.4, -0.2) is 28.1 Å². The summed E-state index contributed by atoms with van der Waals surface area (Å²) in [5.41, 5.74) is 0. The summed E-state index contributed by atoms with van der Waals surface area (Å²) in [4.78, 5) is -0.0594. The molecule has 0 bridgehead atoms. The van der Waals surface area contributed by atoms with E-state index in [0.29, 0.717) is 16.9 Å². The molecule has 2 N–H and O–H groups in total. The monoisotopic (exact) mass is 414 g/mol. The molecule has 21 heavy (non-hydrogen) atoms. The van der Waals surface area contributed by atoms with Crippen LogP contribution in [0.25, 0.3) is 0 Å². The van der Waals surface area contributed by atoms with Crippen LogP contribution in [0.5, 0.6) is 0 Å². The Morgan fingerprint density at radius 2 is 2.00 bits per heavy atom. The van der Waals surface area contributed by atoms with Crippen molar-refractivity contribution >= 4 is 49.2 Å². The van der Waals surface area contributed by atoms with Gasteiger partial charge in [-0.3, -0.25) is 0 Å². The predicted molar refractivity (Wildman–Crippen MR) is 89.6 cm³/mol. The van der Waals surface area contributed by atoms with E-state index in [0.717, 1.165) is 32.4 Å². The van der Waals surface area contributed by atoms with Gasteiger partial charge in [0, 0.05) is 11.0 Å². The number of nitrogens with one attached hydrogen (secondary N) is 2. The van der Waals surface area contributed by atoms with Crippen molar-refractivity contribution in [2.24, 2.45) is 5.92 Å². The molecule has 1 aliphatic rings. The maximum absolute atomic E-state index is 12.3. The summed E-state index contributed by atoms with van der Waals surface area (Å²) in [5, 5.41) is 3.54. The Morgan fingerprint density at radius 1 is 1.33 bits per heavy atom. The molecule has 0 spiro atoms. The van der Waals surface area contributed by atoms with Gasteiger partial charge >= 0.3 is 0 Å². The Balaban J connectivity index is 2.01. The van der Waals surface area contributed by atoms with Crippen LogP contribution in [0, 0.1) is 5.92 Å². The molecule has 0 aliphatic carbocycles. The maximum Gasteiger partial charge on any atom is 0.243 e. The minimum absolute atomic E-state index is 0.0594. The standard InChI is InChI=1S/C13H17BrCl2N2O2S/c14-10-6-11(15)13(12(16)7-10)21(19,20)18-5-3-9-2-1-4-17-8-9/h6-7,9,17-18H,1-5,8H2. The molecule has 1 saturated heterocycles. The lowest BCUT2D eigenvalue weighted by Crippen LogP contribution is -2.33. The molecule has 1 unspecified atom stereocenters. The van der Waals surface area contributed by atoms with Crippen LogP contribution in [0.3, 0.4) is 0 Å². The highest BCUT2D eigenvalue weighted by atomic mass is 79.9. The molecule has 1 heterocycles. The zero-order valence-electron chi connectivity index (χ0n) is 11.3. The molecule has 4 nitrogen and oxygen atoms in total. The number of halogens is 3. The summed E-state index contributed by atoms with van der Waals surface area (Å²) in [5.74, 6) is 0.511. The van der Waals surface area contributed by atoms with Gasteiger partial charge in [-0.2, -0.15) is 0 Å². The normalized spacial score (nSPS) is 19.7. The largest absolute Gasteiger partial charge is 0.316 e. The van der Waals surface area contributed by atoms with Crippen molar-refractivity contribution in [3.8, 4) is 0 Å². The van der Waals surface area contributed by atoms with E-state index in [1.54, 1.807) is 0 Å². The van der Waals surface area contributed by atoms with Crippen LogP contribution in [0.2, 0.25) is 10.0 Å². The molecule has 0 saturated carbocycles. The third-order valence-corrected chi connectivity index (χ3v) is 6.31. The average molecular weight is 416 g/mol. The van der Waals surface area contributed by atoms with Crippen molar-refractivity contribution in [2.75, 3.05) is 19.6 Å². The number of rotatable bonds is 5. The first-order valence-corrected chi connectivity index (χ1v) is 9.78. The minimum Gasteiger partial charge on any atom is -0.316 e. The molecule has 0 radical (unpaired) electrons. The summed E-state index contributed by atoms with van der Waals surface area (Å²) in [7, 11) is -3.69. The molecule has 1 aromatic rings. The van der Waals surface area contributed by atoms with Gasteiger partial charge in [-0.1, -0.05) is 39.1 Å². The number of piperidine rings is 1. The van der Waals surface area contributed by atoms with E-state index in [2.05, 4.69) is 26.0 Å². The van der Waals surface area contributed by atoms with Gasteiger partial charge < -0.3 is 5.32 Å². The lowest BCUT2D eigenvalue weighted by molar-refractivity contribution is 0.358. The minimum atomic E-state index is -3.69. The zero-order chi connectivity index (χ0) is 15.5. The SMILES string of the molecule is O=S(=O)(NCCC1CCCNC1)c1c(Cl)cc(Br)cc1Cl. The predicted octanol–water partition coefficient (Wildman–Crippen LogP) is 3.42. The van der Waals surface area contributed by atoms with Crippen molar-refractivity contribution < 1.29 is 8.42 Å². The van der Waals surface area contributed by atoms with Crippen LogP contribution in [0.4, 0.5) is 0 Å². The van der Waals surface area contributed by atoms with E-state index < -0.39 is 10.0 Å². The molecule has 1 fully saturated rings. The first-order valence-electron chi connectivity index (χ1n) is 6.75. The molecule has 8 heteroatoms. The van der Waals surface area contributed by atoms with Gasteiger partial charge in [-0.15, -0.1) is 0 Å². The van der Waals surface area contributed by atoms with E-state index in [4.69, 9.17) is 23.2 Å². The van der Waals surface area contributed by atoms with E-state index in [9.17, 15) is 8.42 Å². The van der Waals surface area contributed by atoms with Crippen molar-refractivity contribution in [3.63, 3.8) is 0 Å². The van der Waals surface area contributed by atoms with Crippen LogP contribution in [0.1, 0.15) is 19.3 Å². The summed E-state index contributed by atoms with van der Waals surface area (Å²) in [6.07, 6.45) is 3.08. The van der Waals surface area contributed by atoms with E-state index >= 15 is 0 Å². The molecule has 1 atom stereocenters. The van der Waals surface area contributed by atoms with E-state index in [1.165, 1.54) is 12.1 Å². The second kappa shape index (κ2) is 7.62. The Labute approximate surface area is 143 Å². The van der Waals surface area contributed by atoms with Crippen LogP contribution in [0.15, 0.2) is 21.5 Å². The molecule has 118 valence electrons. The summed E-state index contributed by atoms with van der Waals surface area (Å²) < 4.78 is 27.9. The Morgan fingerprint density at radius 3 is 2.57 bits per heavy atom. The zero-order valence-corrected chi connectivity index (χ0v) is 15.2. The fourth-order valence-electron chi connectivity index (χ4n) is 2.43. The third-order valence-electron chi connectivity index (χ3n) is 3.48. The quantitative estimate of drug-likeness (QED) is 0.774. The van der Waals surface area contributed by atoms with Crippen molar-refractivity contribution in [2.45, 2.75) is 24.2 Å². The smallest absolute Gasteiger partial charge is 0.243 e. The average Bonchev–Trinajstić information content (AvgIpc) is 2.38. The van der Waals surface area contributed by atoms with Crippen LogP contribution < -0.4 is 10.0 Å². The molecule has 2 rings (SSSR count). The van der Waals surface area contributed by atoms with E-state index in [-0.39, 0.29) is 14.9 Å². The molecule has 0 amide bonds. The van der Waals surface area contributed by atoms with Crippen molar-refractivity contribution in [1.82, 2.24) is 10.0 Å². The third kappa shape index (κ3) is 4.81. The van der Waals surface area contributed by atoms with Gasteiger partial charge in [0.2, 0.25) is 10.0 Å². The lowest BCUT2D eigenvalue weighted by Gasteiger charge is -2.22. The highest BCUT2D eigenvalue weighted by Crippen LogP contribution is 2.32. The summed E-state index contributed by atoms with van der Waals surface area (Å²) in [6.45, 7) is 2.38. The highest BCUT2D eigenvalue weighted by Gasteiger charge is 2.22. The molecule has 1 aromatic carbocycles. The number of benzene rings is 1. The maximum atomic E-state index is 12.3. The van der Waals surface area contributed by atoms with Gasteiger partial charge in [0.25, 0.3) is 0 Å². The molecular weight excluding hydrogens is 399 g/mol. The molecule has 0 aromatic heterocycles. The first kappa shape index (κ1) is 17.5. The topological polar surface area (TPSA) is 58.2 Å². The van der Waals surface area contributed by atoms with Gasteiger partial charge in [0.05, 0.1) is 10.0 Å². The van der Waals surface area contributed by atoms with Crippen LogP contribution >= 0.6 is 39.1 Å². The summed E-state index contributed by atoms with van der Waals surface area (Å²) >= 11 is 15.2. The van der Waals surface area contributed by atoms with Gasteiger partial charge in [-0.05, 0) is 50.4 Å². The highest BCUT2D eigenvalue weighted by molar-refractivity contribution is 9.10. The fraction of sp³-hybridized carbons (Fsp3) is 0.538. The van der Waals surface area contributed by atoms with E-state index in [1.807, 2.05) is 0 Å². The van der Waals surface area contributed by atoms with Gasteiger partial charge in [0.15, 0.2) is 0 Å². The number of hydrogen-bond donors (Lipinski definition) is 2. The molecule has 1 aliphatic heterocycles. The lowest BCUT2D eigenvalue weighted by atomic mass is 9.96. The fourth-order valence-corrected chi connectivity index (χ4v) is 5.41. The summed E-state index contributed by atoms with van der Waals surface area (Å²) in [6, 6.07) is 3.04. The molecular formula is C13H17BrCl2N2O2S. The van der Waals surface area contributed by atoms with Crippen molar-refractivity contribution in [3.05, 3.63) is 26.7 Å². The van der Waals surface area contributed by atoms with Gasteiger partial charge in [-0.25, -0.2) is 13.1 Å². The van der Waals surface area contributed by atoms with Crippen molar-refractivity contribution in [1.29, 1.82) is 0 Å². The Kier molecular flexibility index (Phi) is 6.35. The van der Waals surface area contributed by atoms with Crippen LogP contribution in [-0.2, 0) is 10.0 Å². The number of hydrogen-bond acceptors (Lipinski definition) is 3. The second-order valence-corrected chi connectivity index (χ2v) is 8.53. The first-order chi connectivity index (χ1) is 9.90. The Bertz CT molecular complexity index is 581. The number of sulfonamides is 1. The second-order valence-electron chi connectivity index (χ2n) is 5.10. The van der Waals surface area contributed by atoms with Gasteiger partial charge in [0.1, 0.15) is 4.90 Å². The Hall–Kier alpha value is 0.150.